The van der Waals surface area contributed by atoms with E-state index >= 15 is 0 Å². The molecule has 1 atom stereocenters. The normalized spacial score (nSPS) is 22.2. The molecule has 2 heteroatoms. The average molecular weight is 249 g/mol. The van der Waals surface area contributed by atoms with E-state index in [2.05, 4.69) is 24.3 Å². The molecule has 0 radical (unpaired) electrons. The van der Waals surface area contributed by atoms with Gasteiger partial charge in [-0.15, -0.1) is 11.6 Å². The molecule has 90 valence electrons. The predicted octanol–water partition coefficient (Wildman–Crippen LogP) is 3.88. The Kier molecular flexibility index (Phi) is 3.11. The summed E-state index contributed by atoms with van der Waals surface area (Å²) in [6, 6.07) is 6.61. The molecule has 2 aliphatic rings. The largest absolute Gasteiger partial charge is 0.493 e. The third-order valence-electron chi connectivity index (χ3n) is 3.65. The molecule has 0 spiro atoms. The quantitative estimate of drug-likeness (QED) is 0.583. The molecule has 1 aliphatic heterocycles. The summed E-state index contributed by atoms with van der Waals surface area (Å²) >= 11 is 6.07. The first-order valence-electron chi connectivity index (χ1n) is 6.39. The Balaban J connectivity index is 1.64. The van der Waals surface area contributed by atoms with Crippen LogP contribution >= 0.6 is 11.6 Å². The van der Waals surface area contributed by atoms with Gasteiger partial charge in [-0.3, -0.25) is 0 Å². The number of ether oxygens (including phenoxy) is 1. The molecule has 1 aromatic carbocycles. The molecule has 0 N–H and O–H groups in total. The zero-order valence-electron chi connectivity index (χ0n) is 9.92. The van der Waals surface area contributed by atoms with Crippen molar-refractivity contribution in [2.24, 2.45) is 0 Å². The SMILES string of the molecule is ClC1C=C(CCc2ccc3c(c2)CCO3)CC1. The second kappa shape index (κ2) is 4.73. The first-order valence-corrected chi connectivity index (χ1v) is 6.83. The Morgan fingerprint density at radius 2 is 2.18 bits per heavy atom. The molecule has 0 bridgehead atoms. The van der Waals surface area contributed by atoms with Crippen molar-refractivity contribution in [2.75, 3.05) is 6.61 Å². The molecule has 0 amide bonds. The van der Waals surface area contributed by atoms with E-state index in [4.69, 9.17) is 16.3 Å². The molecule has 0 saturated heterocycles. The van der Waals surface area contributed by atoms with Crippen molar-refractivity contribution < 1.29 is 4.74 Å². The van der Waals surface area contributed by atoms with Gasteiger partial charge in [0.2, 0.25) is 0 Å². The maximum Gasteiger partial charge on any atom is 0.122 e. The first-order chi connectivity index (χ1) is 8.31. The molecule has 0 aromatic heterocycles. The smallest absolute Gasteiger partial charge is 0.122 e. The van der Waals surface area contributed by atoms with Crippen molar-refractivity contribution in [3.05, 3.63) is 41.0 Å². The lowest BCUT2D eigenvalue weighted by Crippen LogP contribution is -1.89. The summed E-state index contributed by atoms with van der Waals surface area (Å²) in [5.74, 6) is 1.08. The van der Waals surface area contributed by atoms with Crippen molar-refractivity contribution in [3.63, 3.8) is 0 Å². The topological polar surface area (TPSA) is 9.23 Å². The highest BCUT2D eigenvalue weighted by atomic mass is 35.5. The molecule has 17 heavy (non-hydrogen) atoms. The molecule has 1 aliphatic carbocycles. The maximum atomic E-state index is 6.07. The Labute approximate surface area is 107 Å². The van der Waals surface area contributed by atoms with E-state index < -0.39 is 0 Å². The summed E-state index contributed by atoms with van der Waals surface area (Å²) in [5.41, 5.74) is 4.33. The van der Waals surface area contributed by atoms with Crippen LogP contribution in [0.2, 0.25) is 0 Å². The van der Waals surface area contributed by atoms with Crippen LogP contribution in [0.1, 0.15) is 30.4 Å². The number of rotatable bonds is 3. The zero-order chi connectivity index (χ0) is 11.7. The highest BCUT2D eigenvalue weighted by molar-refractivity contribution is 6.22. The molecular formula is C15H17ClO. The first kappa shape index (κ1) is 11.2. The molecule has 1 unspecified atom stereocenters. The summed E-state index contributed by atoms with van der Waals surface area (Å²) in [5, 5.41) is 0.276. The Morgan fingerprint density at radius 1 is 1.24 bits per heavy atom. The van der Waals surface area contributed by atoms with Gasteiger partial charge in [-0.25, -0.2) is 0 Å². The summed E-state index contributed by atoms with van der Waals surface area (Å²) in [4.78, 5) is 0. The molecule has 0 saturated carbocycles. The summed E-state index contributed by atoms with van der Waals surface area (Å²) < 4.78 is 5.52. The van der Waals surface area contributed by atoms with E-state index in [-0.39, 0.29) is 5.38 Å². The minimum Gasteiger partial charge on any atom is -0.493 e. The summed E-state index contributed by atoms with van der Waals surface area (Å²) in [6.45, 7) is 0.845. The van der Waals surface area contributed by atoms with Crippen LogP contribution in [0, 0.1) is 0 Å². The molecular weight excluding hydrogens is 232 g/mol. The summed E-state index contributed by atoms with van der Waals surface area (Å²) in [7, 11) is 0. The number of alkyl halides is 1. The standard InChI is InChI=1S/C15H17ClO/c16-14-5-3-12(10-14)2-1-11-4-6-15-13(9-11)7-8-17-15/h4,6,9-10,14H,1-3,5,7-8H2. The van der Waals surface area contributed by atoms with Gasteiger partial charge < -0.3 is 4.74 Å². The fourth-order valence-electron chi connectivity index (χ4n) is 2.65. The van der Waals surface area contributed by atoms with Gasteiger partial charge in [0.15, 0.2) is 0 Å². The highest BCUT2D eigenvalue weighted by Gasteiger charge is 2.14. The van der Waals surface area contributed by atoms with Gasteiger partial charge in [-0.05, 0) is 42.9 Å². The van der Waals surface area contributed by atoms with E-state index in [0.717, 1.165) is 38.0 Å². The van der Waals surface area contributed by atoms with Crippen LogP contribution < -0.4 is 4.74 Å². The average Bonchev–Trinajstić information content (AvgIpc) is 2.94. The third kappa shape index (κ3) is 2.50. The minimum absolute atomic E-state index is 0.276. The number of halogens is 1. The Hall–Kier alpha value is -0.950. The van der Waals surface area contributed by atoms with Gasteiger partial charge in [0.05, 0.1) is 12.0 Å². The number of aryl methyl sites for hydroxylation is 1. The molecule has 0 fully saturated rings. The zero-order valence-corrected chi connectivity index (χ0v) is 10.7. The number of benzene rings is 1. The van der Waals surface area contributed by atoms with Crippen LogP contribution in [0.3, 0.4) is 0 Å². The molecule has 3 rings (SSSR count). The van der Waals surface area contributed by atoms with Crippen molar-refractivity contribution in [1.29, 1.82) is 0 Å². The maximum absolute atomic E-state index is 6.07. The van der Waals surface area contributed by atoms with Crippen molar-refractivity contribution >= 4 is 11.6 Å². The second-order valence-corrected chi connectivity index (χ2v) is 5.48. The third-order valence-corrected chi connectivity index (χ3v) is 3.99. The van der Waals surface area contributed by atoms with Crippen LogP contribution in [0.25, 0.3) is 0 Å². The van der Waals surface area contributed by atoms with E-state index in [9.17, 15) is 0 Å². The van der Waals surface area contributed by atoms with Crippen LogP contribution in [0.5, 0.6) is 5.75 Å². The van der Waals surface area contributed by atoms with Gasteiger partial charge in [0.1, 0.15) is 5.75 Å². The monoisotopic (exact) mass is 248 g/mol. The lowest BCUT2D eigenvalue weighted by Gasteiger charge is -2.05. The van der Waals surface area contributed by atoms with Gasteiger partial charge in [0, 0.05) is 6.42 Å². The lowest BCUT2D eigenvalue weighted by atomic mass is 10.0. The van der Waals surface area contributed by atoms with Gasteiger partial charge >= 0.3 is 0 Å². The van der Waals surface area contributed by atoms with Crippen LogP contribution in [0.15, 0.2) is 29.8 Å². The highest BCUT2D eigenvalue weighted by Crippen LogP contribution is 2.29. The van der Waals surface area contributed by atoms with Gasteiger partial charge in [0.25, 0.3) is 0 Å². The van der Waals surface area contributed by atoms with Gasteiger partial charge in [-0.1, -0.05) is 23.8 Å². The van der Waals surface area contributed by atoms with Crippen LogP contribution in [-0.4, -0.2) is 12.0 Å². The fraction of sp³-hybridized carbons (Fsp3) is 0.467. The fourth-order valence-corrected chi connectivity index (χ4v) is 2.94. The van der Waals surface area contributed by atoms with E-state index in [0.29, 0.717) is 0 Å². The molecule has 1 nitrogen and oxygen atoms in total. The lowest BCUT2D eigenvalue weighted by molar-refractivity contribution is 0.357. The Morgan fingerprint density at radius 3 is 3.00 bits per heavy atom. The van der Waals surface area contributed by atoms with Gasteiger partial charge in [-0.2, -0.15) is 0 Å². The van der Waals surface area contributed by atoms with Crippen molar-refractivity contribution in [1.82, 2.24) is 0 Å². The number of fused-ring (bicyclic) bond motifs is 1. The van der Waals surface area contributed by atoms with Crippen LogP contribution in [0.4, 0.5) is 0 Å². The molecule has 1 heterocycles. The molecule has 1 aromatic rings. The van der Waals surface area contributed by atoms with E-state index in [1.807, 2.05) is 0 Å². The summed E-state index contributed by atoms with van der Waals surface area (Å²) in [6.07, 6.45) is 7.89. The minimum atomic E-state index is 0.276. The number of hydrogen-bond donors (Lipinski definition) is 0. The Bertz CT molecular complexity index is 450. The van der Waals surface area contributed by atoms with Crippen molar-refractivity contribution in [2.45, 2.75) is 37.5 Å². The number of allylic oxidation sites excluding steroid dienone is 2. The van der Waals surface area contributed by atoms with Crippen molar-refractivity contribution in [3.8, 4) is 5.75 Å². The van der Waals surface area contributed by atoms with Crippen LogP contribution in [-0.2, 0) is 12.8 Å². The predicted molar refractivity (Wildman–Crippen MR) is 70.9 cm³/mol. The number of hydrogen-bond acceptors (Lipinski definition) is 1. The second-order valence-electron chi connectivity index (χ2n) is 4.92. The van der Waals surface area contributed by atoms with E-state index in [1.165, 1.54) is 23.1 Å². The van der Waals surface area contributed by atoms with E-state index in [1.54, 1.807) is 0 Å².